The molecule has 2 aromatic rings. The Hall–Kier alpha value is -2.56. The molecule has 0 radical (unpaired) electrons. The van der Waals surface area contributed by atoms with E-state index in [1.165, 1.54) is 6.21 Å². The average molecular weight is 285 g/mol. The molecule has 0 atom stereocenters. The van der Waals surface area contributed by atoms with Crippen molar-refractivity contribution in [2.45, 2.75) is 27.7 Å². The summed E-state index contributed by atoms with van der Waals surface area (Å²) in [4.78, 5) is 11.7. The number of carbonyl (C=O) groups excluding carboxylic acids is 1. The SMILES string of the molecule is Cc1ccc(NC(=O)N/N=C/c2cc(C)c(C)o2)c(C)c1. The molecule has 2 rings (SSSR count). The average Bonchev–Trinajstić information content (AvgIpc) is 2.72. The normalized spacial score (nSPS) is 10.9. The Morgan fingerprint density at radius 2 is 1.90 bits per heavy atom. The third kappa shape index (κ3) is 3.95. The van der Waals surface area contributed by atoms with Gasteiger partial charge in [-0.25, -0.2) is 10.2 Å². The van der Waals surface area contributed by atoms with Crippen LogP contribution in [0.5, 0.6) is 0 Å². The van der Waals surface area contributed by atoms with Crippen molar-refractivity contribution in [3.8, 4) is 0 Å². The van der Waals surface area contributed by atoms with Crippen molar-refractivity contribution in [3.63, 3.8) is 0 Å². The van der Waals surface area contributed by atoms with Gasteiger partial charge in [-0.15, -0.1) is 0 Å². The number of carbonyl (C=O) groups is 1. The van der Waals surface area contributed by atoms with Gasteiger partial charge < -0.3 is 9.73 Å². The number of hydrogen-bond donors (Lipinski definition) is 2. The van der Waals surface area contributed by atoms with Crippen LogP contribution >= 0.6 is 0 Å². The minimum absolute atomic E-state index is 0.391. The summed E-state index contributed by atoms with van der Waals surface area (Å²) < 4.78 is 5.43. The smallest absolute Gasteiger partial charge is 0.339 e. The molecule has 0 unspecified atom stereocenters. The molecule has 5 nitrogen and oxygen atoms in total. The molecule has 2 N–H and O–H groups in total. The summed E-state index contributed by atoms with van der Waals surface area (Å²) in [6.07, 6.45) is 1.47. The Kier molecular flexibility index (Phi) is 4.42. The summed E-state index contributed by atoms with van der Waals surface area (Å²) in [5.41, 5.74) is 6.38. The highest BCUT2D eigenvalue weighted by molar-refractivity contribution is 5.90. The van der Waals surface area contributed by atoms with E-state index >= 15 is 0 Å². The van der Waals surface area contributed by atoms with Crippen molar-refractivity contribution in [1.82, 2.24) is 5.43 Å². The second kappa shape index (κ2) is 6.26. The van der Waals surface area contributed by atoms with E-state index in [2.05, 4.69) is 15.8 Å². The Bertz CT molecular complexity index is 667. The van der Waals surface area contributed by atoms with E-state index in [-0.39, 0.29) is 0 Å². The first kappa shape index (κ1) is 14.8. The van der Waals surface area contributed by atoms with Gasteiger partial charge in [0.2, 0.25) is 0 Å². The lowest BCUT2D eigenvalue weighted by Gasteiger charge is -2.08. The molecule has 1 heterocycles. The van der Waals surface area contributed by atoms with E-state index < -0.39 is 6.03 Å². The molecule has 0 aliphatic carbocycles. The van der Waals surface area contributed by atoms with Crippen LogP contribution in [0.25, 0.3) is 0 Å². The number of nitrogens with zero attached hydrogens (tertiary/aromatic N) is 1. The second-order valence-corrected chi connectivity index (χ2v) is 5.03. The van der Waals surface area contributed by atoms with Crippen molar-refractivity contribution in [2.75, 3.05) is 5.32 Å². The van der Waals surface area contributed by atoms with E-state index in [0.717, 1.165) is 28.1 Å². The Labute approximate surface area is 124 Å². The lowest BCUT2D eigenvalue weighted by molar-refractivity contribution is 0.252. The fourth-order valence-electron chi connectivity index (χ4n) is 1.92. The lowest BCUT2D eigenvalue weighted by Crippen LogP contribution is -2.24. The third-order valence-electron chi connectivity index (χ3n) is 3.17. The Morgan fingerprint density at radius 1 is 1.14 bits per heavy atom. The van der Waals surface area contributed by atoms with Crippen LogP contribution in [0.15, 0.2) is 33.8 Å². The Morgan fingerprint density at radius 3 is 2.52 bits per heavy atom. The minimum Gasteiger partial charge on any atom is -0.460 e. The molecule has 0 fully saturated rings. The molecule has 0 aliphatic rings. The first-order valence-corrected chi connectivity index (χ1v) is 6.70. The number of benzene rings is 1. The van der Waals surface area contributed by atoms with Gasteiger partial charge in [-0.3, -0.25) is 0 Å². The zero-order valence-corrected chi connectivity index (χ0v) is 12.7. The van der Waals surface area contributed by atoms with Crippen LogP contribution in [0.1, 0.15) is 28.2 Å². The topological polar surface area (TPSA) is 66.6 Å². The molecule has 5 heteroatoms. The monoisotopic (exact) mass is 285 g/mol. The van der Waals surface area contributed by atoms with Crippen LogP contribution in [0.4, 0.5) is 10.5 Å². The molecule has 0 aliphatic heterocycles. The van der Waals surface area contributed by atoms with Crippen LogP contribution in [0, 0.1) is 27.7 Å². The molecular formula is C16H19N3O2. The van der Waals surface area contributed by atoms with Crippen LogP contribution in [-0.4, -0.2) is 12.2 Å². The van der Waals surface area contributed by atoms with Crippen molar-refractivity contribution in [2.24, 2.45) is 5.10 Å². The van der Waals surface area contributed by atoms with Crippen LogP contribution in [0.2, 0.25) is 0 Å². The van der Waals surface area contributed by atoms with E-state index in [0.29, 0.717) is 5.76 Å². The first-order valence-electron chi connectivity index (χ1n) is 6.70. The van der Waals surface area contributed by atoms with Gasteiger partial charge in [0.15, 0.2) is 0 Å². The van der Waals surface area contributed by atoms with E-state index in [4.69, 9.17) is 4.42 Å². The zero-order chi connectivity index (χ0) is 15.4. The van der Waals surface area contributed by atoms with E-state index in [1.807, 2.05) is 52.0 Å². The maximum atomic E-state index is 11.7. The van der Waals surface area contributed by atoms with Gasteiger partial charge in [0.05, 0.1) is 6.21 Å². The highest BCUT2D eigenvalue weighted by Crippen LogP contribution is 2.15. The first-order chi connectivity index (χ1) is 9.95. The Balaban J connectivity index is 1.93. The molecule has 0 saturated heterocycles. The zero-order valence-electron chi connectivity index (χ0n) is 12.7. The number of rotatable bonds is 3. The van der Waals surface area contributed by atoms with Gasteiger partial charge in [0, 0.05) is 5.69 Å². The van der Waals surface area contributed by atoms with Crippen molar-refractivity contribution in [3.05, 3.63) is 52.5 Å². The number of urea groups is 1. The second-order valence-electron chi connectivity index (χ2n) is 5.03. The number of hydrogen-bond acceptors (Lipinski definition) is 3. The standard InChI is InChI=1S/C16H19N3O2/c1-10-5-6-15(12(3)7-10)18-16(20)19-17-9-14-8-11(2)13(4)21-14/h5-9H,1-4H3,(H2,18,19,20)/b17-9+. The molecule has 110 valence electrons. The molecule has 2 amide bonds. The predicted octanol–water partition coefficient (Wildman–Crippen LogP) is 3.67. The highest BCUT2D eigenvalue weighted by atomic mass is 16.3. The van der Waals surface area contributed by atoms with Crippen molar-refractivity contribution in [1.29, 1.82) is 0 Å². The van der Waals surface area contributed by atoms with Crippen LogP contribution in [-0.2, 0) is 0 Å². The van der Waals surface area contributed by atoms with Gasteiger partial charge in [0.25, 0.3) is 0 Å². The molecule has 0 bridgehead atoms. The third-order valence-corrected chi connectivity index (χ3v) is 3.17. The highest BCUT2D eigenvalue weighted by Gasteiger charge is 2.04. The summed E-state index contributed by atoms with van der Waals surface area (Å²) in [5, 5.41) is 6.60. The fourth-order valence-corrected chi connectivity index (χ4v) is 1.92. The number of hydrazone groups is 1. The van der Waals surface area contributed by atoms with Gasteiger partial charge in [-0.1, -0.05) is 17.7 Å². The fraction of sp³-hybridized carbons (Fsp3) is 0.250. The number of amides is 2. The van der Waals surface area contributed by atoms with Crippen molar-refractivity contribution >= 4 is 17.9 Å². The predicted molar refractivity (Wildman–Crippen MR) is 83.8 cm³/mol. The summed E-state index contributed by atoms with van der Waals surface area (Å²) in [5.74, 6) is 1.45. The van der Waals surface area contributed by atoms with E-state index in [9.17, 15) is 4.79 Å². The summed E-state index contributed by atoms with van der Waals surface area (Å²) in [6.45, 7) is 7.79. The van der Waals surface area contributed by atoms with Gasteiger partial charge in [-0.05, 0) is 51.0 Å². The minimum atomic E-state index is -0.391. The van der Waals surface area contributed by atoms with Crippen molar-refractivity contribution < 1.29 is 9.21 Å². The molecule has 0 saturated carbocycles. The maximum Gasteiger partial charge on any atom is 0.339 e. The largest absolute Gasteiger partial charge is 0.460 e. The van der Waals surface area contributed by atoms with E-state index in [1.54, 1.807) is 0 Å². The summed E-state index contributed by atoms with van der Waals surface area (Å²) in [7, 11) is 0. The molecular weight excluding hydrogens is 266 g/mol. The lowest BCUT2D eigenvalue weighted by atomic mass is 10.1. The van der Waals surface area contributed by atoms with Gasteiger partial charge in [0.1, 0.15) is 11.5 Å². The molecule has 21 heavy (non-hydrogen) atoms. The number of aryl methyl sites for hydroxylation is 4. The quantitative estimate of drug-likeness (QED) is 0.667. The number of nitrogens with one attached hydrogen (secondary N) is 2. The number of furan rings is 1. The van der Waals surface area contributed by atoms with Crippen LogP contribution in [0.3, 0.4) is 0 Å². The van der Waals surface area contributed by atoms with Gasteiger partial charge >= 0.3 is 6.03 Å². The maximum absolute atomic E-state index is 11.7. The summed E-state index contributed by atoms with van der Waals surface area (Å²) in [6, 6.07) is 7.29. The van der Waals surface area contributed by atoms with Gasteiger partial charge in [-0.2, -0.15) is 5.10 Å². The summed E-state index contributed by atoms with van der Waals surface area (Å²) >= 11 is 0. The number of anilines is 1. The molecule has 1 aromatic carbocycles. The molecule has 1 aromatic heterocycles. The molecule has 0 spiro atoms. The van der Waals surface area contributed by atoms with Crippen LogP contribution < -0.4 is 10.7 Å².